The highest BCUT2D eigenvalue weighted by Gasteiger charge is 2.24. The number of H-pyrrole nitrogens is 1. The zero-order valence-electron chi connectivity index (χ0n) is 16.0. The van der Waals surface area contributed by atoms with E-state index in [-0.39, 0.29) is 36.3 Å². The van der Waals surface area contributed by atoms with Crippen LogP contribution in [0.5, 0.6) is 0 Å². The number of amides is 1. The molecule has 1 heterocycles. The number of nitrogens with one attached hydrogen (secondary N) is 1. The molecule has 0 aromatic carbocycles. The van der Waals surface area contributed by atoms with E-state index < -0.39 is 11.2 Å². The number of anilines is 2. The lowest BCUT2D eigenvalue weighted by molar-refractivity contribution is -0.116. The minimum absolute atomic E-state index is 0.0190. The summed E-state index contributed by atoms with van der Waals surface area (Å²) in [4.78, 5) is 40.8. The molecule has 1 amide bonds. The Morgan fingerprint density at radius 3 is 2.65 bits per heavy atom. The summed E-state index contributed by atoms with van der Waals surface area (Å²) in [6.45, 7) is 6.98. The lowest BCUT2D eigenvalue weighted by Gasteiger charge is -2.24. The van der Waals surface area contributed by atoms with Crippen molar-refractivity contribution in [2.75, 3.05) is 42.4 Å². The summed E-state index contributed by atoms with van der Waals surface area (Å²) < 4.78 is 6.38. The number of aromatic amines is 1. The maximum Gasteiger partial charge on any atom is 0.330 e. The highest BCUT2D eigenvalue weighted by atomic mass is 32.2. The molecule has 0 saturated heterocycles. The van der Waals surface area contributed by atoms with E-state index in [0.717, 1.165) is 18.6 Å². The molecule has 8 nitrogen and oxygen atoms in total. The van der Waals surface area contributed by atoms with Gasteiger partial charge in [0.1, 0.15) is 5.82 Å². The van der Waals surface area contributed by atoms with Crippen LogP contribution in [0, 0.1) is 5.92 Å². The fraction of sp³-hybridized carbons (Fsp3) is 0.706. The van der Waals surface area contributed by atoms with E-state index in [1.165, 1.54) is 28.3 Å². The van der Waals surface area contributed by atoms with Crippen LogP contribution in [-0.4, -0.2) is 47.2 Å². The van der Waals surface area contributed by atoms with Gasteiger partial charge in [-0.05, 0) is 18.1 Å². The molecule has 0 bridgehead atoms. The van der Waals surface area contributed by atoms with E-state index in [9.17, 15) is 14.4 Å². The second-order valence-corrected chi connectivity index (χ2v) is 7.48. The van der Waals surface area contributed by atoms with E-state index in [0.29, 0.717) is 12.5 Å². The number of thioether (sulfide) groups is 1. The molecule has 0 radical (unpaired) electrons. The Balaban J connectivity index is 3.21. The van der Waals surface area contributed by atoms with Crippen LogP contribution in [0.3, 0.4) is 0 Å². The smallest absolute Gasteiger partial charge is 0.330 e. The molecule has 1 aromatic rings. The van der Waals surface area contributed by atoms with Gasteiger partial charge in [0.2, 0.25) is 5.91 Å². The van der Waals surface area contributed by atoms with Gasteiger partial charge in [-0.15, -0.1) is 0 Å². The first-order valence-corrected chi connectivity index (χ1v) is 9.98. The maximum atomic E-state index is 12.7. The number of rotatable bonds is 11. The normalized spacial score (nSPS) is 11.1. The zero-order chi connectivity index (χ0) is 19.7. The largest absolute Gasteiger partial charge is 0.383 e. The Hall–Kier alpha value is -1.74. The number of methoxy groups -OCH3 is 1. The van der Waals surface area contributed by atoms with Crippen molar-refractivity contribution in [1.82, 2.24) is 9.55 Å². The van der Waals surface area contributed by atoms with Crippen molar-refractivity contribution in [3.8, 4) is 0 Å². The van der Waals surface area contributed by atoms with Crippen molar-refractivity contribution in [2.24, 2.45) is 5.92 Å². The average molecular weight is 387 g/mol. The summed E-state index contributed by atoms with van der Waals surface area (Å²) in [5.41, 5.74) is 4.92. The maximum absolute atomic E-state index is 12.7. The summed E-state index contributed by atoms with van der Waals surface area (Å²) in [6.07, 6.45) is 1.62. The van der Waals surface area contributed by atoms with Crippen molar-refractivity contribution < 1.29 is 9.53 Å². The molecule has 0 aliphatic carbocycles. The van der Waals surface area contributed by atoms with Crippen molar-refractivity contribution in [3.05, 3.63) is 20.8 Å². The molecule has 1 rings (SSSR count). The van der Waals surface area contributed by atoms with Crippen molar-refractivity contribution in [2.45, 2.75) is 40.2 Å². The summed E-state index contributed by atoms with van der Waals surface area (Å²) in [7, 11) is 1.52. The molecular weight excluding hydrogens is 356 g/mol. The lowest BCUT2D eigenvalue weighted by Crippen LogP contribution is -2.43. The van der Waals surface area contributed by atoms with Crippen LogP contribution in [0.1, 0.15) is 33.6 Å². The number of ether oxygens (including phenoxy) is 1. The quantitative estimate of drug-likeness (QED) is 0.593. The van der Waals surface area contributed by atoms with E-state index in [4.69, 9.17) is 10.5 Å². The summed E-state index contributed by atoms with van der Waals surface area (Å²) in [6, 6.07) is 0. The first-order chi connectivity index (χ1) is 12.3. The van der Waals surface area contributed by atoms with Gasteiger partial charge in [-0.1, -0.05) is 27.2 Å². The van der Waals surface area contributed by atoms with Crippen LogP contribution in [0.15, 0.2) is 9.59 Å². The molecule has 0 aliphatic rings. The number of hydrogen-bond donors (Lipinski definition) is 2. The Morgan fingerprint density at radius 1 is 1.38 bits per heavy atom. The van der Waals surface area contributed by atoms with E-state index in [1.807, 2.05) is 6.92 Å². The Bertz CT molecular complexity index is 699. The van der Waals surface area contributed by atoms with Gasteiger partial charge in [0.15, 0.2) is 5.69 Å². The van der Waals surface area contributed by atoms with Gasteiger partial charge in [-0.2, -0.15) is 11.8 Å². The first kappa shape index (κ1) is 22.3. The molecular formula is C17H30N4O4S. The number of unbranched alkanes of at least 4 members (excludes halogenated alkanes) is 1. The lowest BCUT2D eigenvalue weighted by atomic mass is 10.3. The molecule has 148 valence electrons. The monoisotopic (exact) mass is 386 g/mol. The molecule has 3 N–H and O–H groups in total. The molecule has 1 aromatic heterocycles. The van der Waals surface area contributed by atoms with Gasteiger partial charge in [0.05, 0.1) is 12.4 Å². The highest BCUT2D eigenvalue weighted by Crippen LogP contribution is 2.19. The number of aromatic nitrogens is 2. The molecule has 0 aliphatic heterocycles. The van der Waals surface area contributed by atoms with Gasteiger partial charge in [-0.3, -0.25) is 19.1 Å². The van der Waals surface area contributed by atoms with Gasteiger partial charge in [-0.25, -0.2) is 4.79 Å². The Kier molecular flexibility index (Phi) is 9.50. The third kappa shape index (κ3) is 6.21. The highest BCUT2D eigenvalue weighted by molar-refractivity contribution is 7.99. The number of carbonyl (C=O) groups excluding carboxylic acids is 1. The van der Waals surface area contributed by atoms with Crippen LogP contribution in [-0.2, 0) is 16.1 Å². The van der Waals surface area contributed by atoms with Crippen LogP contribution in [0.25, 0.3) is 0 Å². The molecule has 0 unspecified atom stereocenters. The average Bonchev–Trinajstić information content (AvgIpc) is 2.56. The second-order valence-electron chi connectivity index (χ2n) is 6.45. The second kappa shape index (κ2) is 11.1. The minimum atomic E-state index is -0.654. The summed E-state index contributed by atoms with van der Waals surface area (Å²) in [5, 5.41) is 0. The molecule has 0 saturated carbocycles. The number of nitrogens with zero attached hydrogens (tertiary/aromatic N) is 2. The van der Waals surface area contributed by atoms with Crippen molar-refractivity contribution in [1.29, 1.82) is 0 Å². The summed E-state index contributed by atoms with van der Waals surface area (Å²) in [5.74, 6) is 1.32. The van der Waals surface area contributed by atoms with E-state index >= 15 is 0 Å². The van der Waals surface area contributed by atoms with E-state index in [2.05, 4.69) is 18.8 Å². The molecule has 9 heteroatoms. The van der Waals surface area contributed by atoms with Gasteiger partial charge >= 0.3 is 5.69 Å². The van der Waals surface area contributed by atoms with Gasteiger partial charge in [0, 0.05) is 20.2 Å². The standard InChI is InChI=1S/C17H30N4O4S/c1-5-6-7-21-15(18)14(16(23)19-17(21)24)20(8-9-25-4)13(22)11-26-10-12(2)3/h12H,5-11,18H2,1-4H3,(H,19,23,24). The number of nitrogens with two attached hydrogens (primary N) is 1. The number of carbonyl (C=O) groups is 1. The van der Waals surface area contributed by atoms with Crippen LogP contribution in [0.2, 0.25) is 0 Å². The Morgan fingerprint density at radius 2 is 2.08 bits per heavy atom. The van der Waals surface area contributed by atoms with Crippen molar-refractivity contribution in [3.63, 3.8) is 0 Å². The molecule has 0 fully saturated rings. The third-order valence-electron chi connectivity index (χ3n) is 3.72. The molecule has 26 heavy (non-hydrogen) atoms. The number of nitrogen functional groups attached to an aromatic ring is 1. The number of hydrogen-bond acceptors (Lipinski definition) is 6. The van der Waals surface area contributed by atoms with Gasteiger partial charge < -0.3 is 15.4 Å². The molecule has 0 atom stereocenters. The SMILES string of the molecule is CCCCn1c(N)c(N(CCOC)C(=O)CSCC(C)C)c(=O)[nH]c1=O. The van der Waals surface area contributed by atoms with Crippen LogP contribution >= 0.6 is 11.8 Å². The third-order valence-corrected chi connectivity index (χ3v) is 5.07. The van der Waals surface area contributed by atoms with Gasteiger partial charge in [0.25, 0.3) is 5.56 Å². The zero-order valence-corrected chi connectivity index (χ0v) is 16.9. The summed E-state index contributed by atoms with van der Waals surface area (Å²) >= 11 is 1.51. The minimum Gasteiger partial charge on any atom is -0.383 e. The topological polar surface area (TPSA) is 110 Å². The first-order valence-electron chi connectivity index (χ1n) is 8.83. The predicted molar refractivity (Wildman–Crippen MR) is 107 cm³/mol. The fourth-order valence-electron chi connectivity index (χ4n) is 2.38. The predicted octanol–water partition coefficient (Wildman–Crippen LogP) is 1.29. The van der Waals surface area contributed by atoms with E-state index in [1.54, 1.807) is 0 Å². The van der Waals surface area contributed by atoms with Crippen LogP contribution in [0.4, 0.5) is 11.5 Å². The Labute approximate surface area is 158 Å². The molecule has 0 spiro atoms. The van der Waals surface area contributed by atoms with Crippen molar-refractivity contribution >= 4 is 29.2 Å². The fourth-order valence-corrected chi connectivity index (χ4v) is 3.30. The van der Waals surface area contributed by atoms with Crippen LogP contribution < -0.4 is 21.9 Å².